The number of nitrogens with zero attached hydrogens (tertiary/aromatic N) is 1. The van der Waals surface area contributed by atoms with Crippen molar-refractivity contribution >= 4 is 27.5 Å². The van der Waals surface area contributed by atoms with Crippen molar-refractivity contribution < 1.29 is 0 Å². The van der Waals surface area contributed by atoms with Crippen LogP contribution in [0.2, 0.25) is 5.02 Å². The van der Waals surface area contributed by atoms with Crippen LogP contribution in [-0.2, 0) is 0 Å². The summed E-state index contributed by atoms with van der Waals surface area (Å²) in [5.41, 5.74) is 1.60. The second kappa shape index (κ2) is 6.57. The third-order valence-electron chi connectivity index (χ3n) is 5.26. The second-order valence-corrected chi connectivity index (χ2v) is 7.82. The van der Waals surface area contributed by atoms with Gasteiger partial charge in [0.05, 0.1) is 0 Å². The number of piperazine rings is 1. The Balaban J connectivity index is 1.88. The Hall–Kier alpha value is -0.0900. The minimum atomic E-state index is 0.340. The van der Waals surface area contributed by atoms with E-state index >= 15 is 0 Å². The van der Waals surface area contributed by atoms with Gasteiger partial charge in [-0.15, -0.1) is 0 Å². The van der Waals surface area contributed by atoms with Gasteiger partial charge in [0.1, 0.15) is 0 Å². The summed E-state index contributed by atoms with van der Waals surface area (Å²) in [6, 6.07) is 6.68. The van der Waals surface area contributed by atoms with Gasteiger partial charge in [0.25, 0.3) is 0 Å². The van der Waals surface area contributed by atoms with Crippen molar-refractivity contribution in [1.29, 1.82) is 0 Å². The maximum Gasteiger partial charge on any atom is 0.0465 e. The Morgan fingerprint density at radius 1 is 1.29 bits per heavy atom. The zero-order valence-corrected chi connectivity index (χ0v) is 15.0. The lowest BCUT2D eigenvalue weighted by Gasteiger charge is -2.52. The molecule has 1 spiro atoms. The molecule has 1 N–H and O–H groups in total. The molecule has 0 aromatic heterocycles. The topological polar surface area (TPSA) is 15.3 Å². The van der Waals surface area contributed by atoms with Crippen LogP contribution in [0.3, 0.4) is 0 Å². The highest BCUT2D eigenvalue weighted by molar-refractivity contribution is 9.10. The molecule has 21 heavy (non-hydrogen) atoms. The molecule has 4 heteroatoms. The second-order valence-electron chi connectivity index (χ2n) is 6.50. The van der Waals surface area contributed by atoms with Gasteiger partial charge in [0.2, 0.25) is 0 Å². The standard InChI is InChI=1S/C17H24BrClN2/c1-13(15-6-5-14(18)11-16(15)19)21-10-9-20-12-17(21)7-3-2-4-8-17/h5-6,11,13,20H,2-4,7-10,12H2,1H3. The molecule has 1 aromatic rings. The summed E-state index contributed by atoms with van der Waals surface area (Å²) in [7, 11) is 0. The molecular formula is C17H24BrClN2. The summed E-state index contributed by atoms with van der Waals surface area (Å²) >= 11 is 10.0. The highest BCUT2D eigenvalue weighted by Gasteiger charge is 2.42. The first-order chi connectivity index (χ1) is 10.1. The summed E-state index contributed by atoms with van der Waals surface area (Å²) in [6.45, 7) is 5.65. The monoisotopic (exact) mass is 370 g/mol. The van der Waals surface area contributed by atoms with E-state index < -0.39 is 0 Å². The fraction of sp³-hybridized carbons (Fsp3) is 0.647. The molecule has 1 aliphatic heterocycles. The van der Waals surface area contributed by atoms with Crippen LogP contribution >= 0.6 is 27.5 Å². The smallest absolute Gasteiger partial charge is 0.0465 e. The minimum absolute atomic E-state index is 0.340. The van der Waals surface area contributed by atoms with Crippen molar-refractivity contribution in [2.45, 2.75) is 50.6 Å². The molecule has 2 fully saturated rings. The van der Waals surface area contributed by atoms with Crippen LogP contribution in [0.15, 0.2) is 22.7 Å². The molecule has 2 nitrogen and oxygen atoms in total. The van der Waals surface area contributed by atoms with Crippen LogP contribution in [0, 0.1) is 0 Å². The fourth-order valence-corrected chi connectivity index (χ4v) is 4.98. The summed E-state index contributed by atoms with van der Waals surface area (Å²) in [5, 5.41) is 4.50. The molecule has 0 bridgehead atoms. The van der Waals surface area contributed by atoms with Crippen LogP contribution < -0.4 is 5.32 Å². The molecule has 0 amide bonds. The Bertz CT molecular complexity index is 491. The van der Waals surface area contributed by atoms with Gasteiger partial charge in [0.15, 0.2) is 0 Å². The highest BCUT2D eigenvalue weighted by Crippen LogP contribution is 2.41. The molecule has 1 aromatic carbocycles. The van der Waals surface area contributed by atoms with E-state index in [4.69, 9.17) is 11.6 Å². The average molecular weight is 372 g/mol. The molecule has 1 unspecified atom stereocenters. The molecule has 1 saturated carbocycles. The van der Waals surface area contributed by atoms with Crippen LogP contribution in [0.5, 0.6) is 0 Å². The van der Waals surface area contributed by atoms with Gasteiger partial charge in [-0.2, -0.15) is 0 Å². The van der Waals surface area contributed by atoms with Crippen LogP contribution in [0.1, 0.15) is 50.6 Å². The molecule has 2 aliphatic rings. The number of hydrogen-bond acceptors (Lipinski definition) is 2. The molecule has 3 rings (SSSR count). The first-order valence-electron chi connectivity index (χ1n) is 8.05. The van der Waals surface area contributed by atoms with Crippen LogP contribution in [-0.4, -0.2) is 30.1 Å². The van der Waals surface area contributed by atoms with Crippen molar-refractivity contribution in [3.05, 3.63) is 33.3 Å². The number of hydrogen-bond donors (Lipinski definition) is 1. The molecule has 1 atom stereocenters. The first-order valence-corrected chi connectivity index (χ1v) is 9.22. The van der Waals surface area contributed by atoms with Crippen molar-refractivity contribution in [3.8, 4) is 0 Å². The predicted octanol–water partition coefficient (Wildman–Crippen LogP) is 4.77. The molecule has 1 aliphatic carbocycles. The maximum atomic E-state index is 6.50. The SMILES string of the molecule is CC(c1ccc(Br)cc1Cl)N1CCNCC12CCCCC2. The third-order valence-corrected chi connectivity index (χ3v) is 6.08. The Morgan fingerprint density at radius 3 is 2.76 bits per heavy atom. The Kier molecular flexibility index (Phi) is 4.94. The average Bonchev–Trinajstić information content (AvgIpc) is 2.48. The zero-order valence-electron chi connectivity index (χ0n) is 12.7. The van der Waals surface area contributed by atoms with Gasteiger partial charge < -0.3 is 5.32 Å². The highest BCUT2D eigenvalue weighted by atomic mass is 79.9. The van der Waals surface area contributed by atoms with Crippen LogP contribution in [0.4, 0.5) is 0 Å². The molecule has 1 heterocycles. The fourth-order valence-electron chi connectivity index (χ4n) is 4.15. The largest absolute Gasteiger partial charge is 0.314 e. The molecule has 1 saturated heterocycles. The summed E-state index contributed by atoms with van der Waals surface area (Å²) < 4.78 is 1.05. The van der Waals surface area contributed by atoms with E-state index in [0.29, 0.717) is 11.6 Å². The Labute approximate surface area is 141 Å². The molecule has 0 radical (unpaired) electrons. The van der Waals surface area contributed by atoms with E-state index in [1.54, 1.807) is 0 Å². The van der Waals surface area contributed by atoms with Gasteiger partial charge >= 0.3 is 0 Å². The zero-order chi connectivity index (χ0) is 14.9. The molecular weight excluding hydrogens is 348 g/mol. The normalized spacial score (nSPS) is 24.1. The number of nitrogens with one attached hydrogen (secondary N) is 1. The van der Waals surface area contributed by atoms with Gasteiger partial charge in [-0.25, -0.2) is 0 Å². The van der Waals surface area contributed by atoms with E-state index in [-0.39, 0.29) is 0 Å². The Morgan fingerprint density at radius 2 is 2.05 bits per heavy atom. The first kappa shape index (κ1) is 15.8. The quantitative estimate of drug-likeness (QED) is 0.805. The van der Waals surface area contributed by atoms with Gasteiger partial charge in [0, 0.05) is 40.7 Å². The number of halogens is 2. The third kappa shape index (κ3) is 3.17. The van der Waals surface area contributed by atoms with E-state index in [0.717, 1.165) is 29.1 Å². The number of benzene rings is 1. The summed E-state index contributed by atoms with van der Waals surface area (Å²) in [5.74, 6) is 0. The maximum absolute atomic E-state index is 6.50. The van der Waals surface area contributed by atoms with Gasteiger partial charge in [-0.05, 0) is 37.5 Å². The van der Waals surface area contributed by atoms with Crippen LogP contribution in [0.25, 0.3) is 0 Å². The van der Waals surface area contributed by atoms with Crippen molar-refractivity contribution in [1.82, 2.24) is 10.2 Å². The van der Waals surface area contributed by atoms with Gasteiger partial charge in [-0.1, -0.05) is 52.9 Å². The lowest BCUT2D eigenvalue weighted by molar-refractivity contribution is -0.00276. The van der Waals surface area contributed by atoms with Gasteiger partial charge in [-0.3, -0.25) is 4.90 Å². The number of rotatable bonds is 2. The van der Waals surface area contributed by atoms with Crippen molar-refractivity contribution in [3.63, 3.8) is 0 Å². The summed E-state index contributed by atoms with van der Waals surface area (Å²) in [4.78, 5) is 2.72. The van der Waals surface area contributed by atoms with Crippen molar-refractivity contribution in [2.75, 3.05) is 19.6 Å². The lowest BCUT2D eigenvalue weighted by atomic mass is 9.78. The van der Waals surface area contributed by atoms with E-state index in [1.165, 1.54) is 37.7 Å². The lowest BCUT2D eigenvalue weighted by Crippen LogP contribution is -2.62. The van der Waals surface area contributed by atoms with E-state index in [9.17, 15) is 0 Å². The molecule has 116 valence electrons. The van der Waals surface area contributed by atoms with E-state index in [2.05, 4.69) is 45.2 Å². The predicted molar refractivity (Wildman–Crippen MR) is 93.0 cm³/mol. The summed E-state index contributed by atoms with van der Waals surface area (Å²) in [6.07, 6.45) is 6.75. The van der Waals surface area contributed by atoms with E-state index in [1.807, 2.05) is 6.07 Å². The van der Waals surface area contributed by atoms with Crippen molar-refractivity contribution in [2.24, 2.45) is 0 Å². The minimum Gasteiger partial charge on any atom is -0.314 e.